The lowest BCUT2D eigenvalue weighted by Crippen LogP contribution is -2.10. The fourth-order valence-corrected chi connectivity index (χ4v) is 1.04. The van der Waals surface area contributed by atoms with Crippen molar-refractivity contribution < 1.29 is 5.11 Å². The van der Waals surface area contributed by atoms with Gasteiger partial charge >= 0.3 is 0 Å². The molecule has 1 atom stereocenters. The van der Waals surface area contributed by atoms with E-state index in [1.807, 2.05) is 30.3 Å². The fraction of sp³-hybridized carbons (Fsp3) is 0.300. The van der Waals surface area contributed by atoms with E-state index in [4.69, 9.17) is 11.7 Å². The first-order valence-corrected chi connectivity index (χ1v) is 3.88. The van der Waals surface area contributed by atoms with Gasteiger partial charge in [0.05, 0.1) is 6.42 Å². The van der Waals surface area contributed by atoms with Gasteiger partial charge in [0.25, 0.3) is 0 Å². The van der Waals surface area contributed by atoms with Crippen LogP contribution < -0.4 is 0 Å². The summed E-state index contributed by atoms with van der Waals surface area (Å²) in [5.41, 5.74) is 1.10. The number of benzene rings is 1. The number of aliphatic hydroxyl groups is 1. The smallest absolute Gasteiger partial charge is 0.250 e. The Kier molecular flexibility index (Phi) is 3.31. The highest BCUT2D eigenvalue weighted by molar-refractivity contribution is 5.16. The molecule has 12 heavy (non-hydrogen) atoms. The zero-order chi connectivity index (χ0) is 8.81. The molecule has 0 unspecified atom stereocenters. The molecule has 0 aliphatic rings. The SMILES string of the molecule is [C-]#[N+][C@H](CO)Cc1ccccc1. The van der Waals surface area contributed by atoms with Gasteiger partial charge in [-0.15, -0.1) is 0 Å². The third-order valence-electron chi connectivity index (χ3n) is 1.71. The maximum Gasteiger partial charge on any atom is 0.250 e. The van der Waals surface area contributed by atoms with Crippen molar-refractivity contribution in [1.82, 2.24) is 0 Å². The third-order valence-corrected chi connectivity index (χ3v) is 1.71. The molecule has 0 aromatic heterocycles. The van der Waals surface area contributed by atoms with Crippen LogP contribution in [0.1, 0.15) is 5.56 Å². The van der Waals surface area contributed by atoms with Gasteiger partial charge < -0.3 is 9.95 Å². The third kappa shape index (κ3) is 2.37. The Bertz CT molecular complexity index is 263. The van der Waals surface area contributed by atoms with Gasteiger partial charge in [-0.3, -0.25) is 0 Å². The Morgan fingerprint density at radius 1 is 1.33 bits per heavy atom. The zero-order valence-corrected chi connectivity index (χ0v) is 6.77. The van der Waals surface area contributed by atoms with Crippen LogP contribution in [-0.4, -0.2) is 17.8 Å². The van der Waals surface area contributed by atoms with E-state index < -0.39 is 0 Å². The summed E-state index contributed by atoms with van der Waals surface area (Å²) in [6.45, 7) is 6.72. The quantitative estimate of drug-likeness (QED) is 0.668. The number of hydrogen-bond acceptors (Lipinski definition) is 1. The van der Waals surface area contributed by atoms with Crippen LogP contribution in [0.2, 0.25) is 0 Å². The van der Waals surface area contributed by atoms with Crippen molar-refractivity contribution in [3.05, 3.63) is 47.3 Å². The highest BCUT2D eigenvalue weighted by Crippen LogP contribution is 2.04. The molecule has 0 bridgehead atoms. The standard InChI is InChI=1S/C10H11NO/c1-11-10(8-12)7-9-5-3-2-4-6-9/h2-6,10,12H,7-8H2/t10-/m0/s1. The van der Waals surface area contributed by atoms with E-state index in [1.54, 1.807) is 0 Å². The number of hydrogen-bond donors (Lipinski definition) is 1. The Labute approximate surface area is 72.3 Å². The molecule has 62 valence electrons. The molecule has 2 heteroatoms. The summed E-state index contributed by atoms with van der Waals surface area (Å²) in [6.07, 6.45) is 0.640. The lowest BCUT2D eigenvalue weighted by molar-refractivity contribution is 0.280. The highest BCUT2D eigenvalue weighted by Gasteiger charge is 2.10. The summed E-state index contributed by atoms with van der Waals surface area (Å²) < 4.78 is 0. The highest BCUT2D eigenvalue weighted by atomic mass is 16.3. The number of aliphatic hydroxyl groups excluding tert-OH is 1. The fourth-order valence-electron chi connectivity index (χ4n) is 1.04. The maximum atomic E-state index is 8.77. The average Bonchev–Trinajstić information content (AvgIpc) is 2.16. The second-order valence-corrected chi connectivity index (χ2v) is 2.66. The van der Waals surface area contributed by atoms with Gasteiger partial charge in [0, 0.05) is 0 Å². The Morgan fingerprint density at radius 3 is 2.50 bits per heavy atom. The first-order valence-electron chi connectivity index (χ1n) is 3.88. The van der Waals surface area contributed by atoms with Crippen molar-refractivity contribution in [3.8, 4) is 0 Å². The van der Waals surface area contributed by atoms with Crippen molar-refractivity contribution in [2.45, 2.75) is 12.5 Å². The molecule has 0 saturated carbocycles. The summed E-state index contributed by atoms with van der Waals surface area (Å²) in [5, 5.41) is 8.77. The molecule has 1 aromatic carbocycles. The number of nitrogens with zero attached hydrogens (tertiary/aromatic N) is 1. The maximum absolute atomic E-state index is 8.77. The molecular formula is C10H11NO. The van der Waals surface area contributed by atoms with Crippen LogP contribution in [0.4, 0.5) is 0 Å². The molecule has 2 nitrogen and oxygen atoms in total. The van der Waals surface area contributed by atoms with Crippen molar-refractivity contribution in [2.75, 3.05) is 6.61 Å². The van der Waals surface area contributed by atoms with Crippen LogP contribution in [0, 0.1) is 6.57 Å². The van der Waals surface area contributed by atoms with Gasteiger partial charge in [-0.2, -0.15) is 0 Å². The Hall–Kier alpha value is -1.33. The largest absolute Gasteiger partial charge is 0.388 e. The van der Waals surface area contributed by atoms with Gasteiger partial charge in [0.1, 0.15) is 6.61 Å². The minimum Gasteiger partial charge on any atom is -0.388 e. The topological polar surface area (TPSA) is 24.6 Å². The summed E-state index contributed by atoms with van der Waals surface area (Å²) in [7, 11) is 0. The first-order chi connectivity index (χ1) is 5.86. The van der Waals surface area contributed by atoms with E-state index in [1.165, 1.54) is 0 Å². The van der Waals surface area contributed by atoms with E-state index >= 15 is 0 Å². The van der Waals surface area contributed by atoms with Crippen molar-refractivity contribution >= 4 is 0 Å². The Morgan fingerprint density at radius 2 is 2.00 bits per heavy atom. The van der Waals surface area contributed by atoms with Gasteiger partial charge in [0.2, 0.25) is 6.04 Å². The van der Waals surface area contributed by atoms with Crippen LogP contribution in [0.15, 0.2) is 30.3 Å². The predicted octanol–water partition coefficient (Wildman–Crippen LogP) is 1.51. The van der Waals surface area contributed by atoms with Gasteiger partial charge in [-0.25, -0.2) is 6.57 Å². The minimum atomic E-state index is -0.285. The molecule has 1 aromatic rings. The van der Waals surface area contributed by atoms with Gasteiger partial charge in [-0.05, 0) is 5.56 Å². The van der Waals surface area contributed by atoms with Crippen LogP contribution in [-0.2, 0) is 6.42 Å². The molecule has 0 radical (unpaired) electrons. The monoisotopic (exact) mass is 161 g/mol. The van der Waals surface area contributed by atoms with E-state index in [0.29, 0.717) is 6.42 Å². The van der Waals surface area contributed by atoms with E-state index in [2.05, 4.69) is 4.85 Å². The molecule has 0 aliphatic heterocycles. The second-order valence-electron chi connectivity index (χ2n) is 2.66. The van der Waals surface area contributed by atoms with Crippen molar-refractivity contribution in [1.29, 1.82) is 0 Å². The molecule has 0 spiro atoms. The molecular weight excluding hydrogens is 150 g/mol. The predicted molar refractivity (Wildman–Crippen MR) is 47.6 cm³/mol. The molecule has 0 aliphatic carbocycles. The van der Waals surface area contributed by atoms with Crippen LogP contribution in [0.25, 0.3) is 4.85 Å². The minimum absolute atomic E-state index is 0.0571. The summed E-state index contributed by atoms with van der Waals surface area (Å²) >= 11 is 0. The molecule has 0 saturated heterocycles. The first kappa shape index (κ1) is 8.76. The lowest BCUT2D eigenvalue weighted by Gasteiger charge is -2.00. The van der Waals surface area contributed by atoms with Crippen LogP contribution >= 0.6 is 0 Å². The van der Waals surface area contributed by atoms with Crippen molar-refractivity contribution in [2.24, 2.45) is 0 Å². The molecule has 0 amide bonds. The summed E-state index contributed by atoms with van der Waals surface area (Å²) in [4.78, 5) is 3.30. The molecule has 1 rings (SSSR count). The van der Waals surface area contributed by atoms with Crippen LogP contribution in [0.3, 0.4) is 0 Å². The van der Waals surface area contributed by atoms with Gasteiger partial charge in [0.15, 0.2) is 0 Å². The zero-order valence-electron chi connectivity index (χ0n) is 6.77. The van der Waals surface area contributed by atoms with Gasteiger partial charge in [-0.1, -0.05) is 30.3 Å². The average molecular weight is 161 g/mol. The summed E-state index contributed by atoms with van der Waals surface area (Å²) in [6, 6.07) is 9.46. The summed E-state index contributed by atoms with van der Waals surface area (Å²) in [5.74, 6) is 0. The molecule has 0 heterocycles. The van der Waals surface area contributed by atoms with E-state index in [-0.39, 0.29) is 12.6 Å². The van der Waals surface area contributed by atoms with E-state index in [9.17, 15) is 0 Å². The Balaban J connectivity index is 2.58. The lowest BCUT2D eigenvalue weighted by atomic mass is 10.1. The second kappa shape index (κ2) is 4.53. The van der Waals surface area contributed by atoms with Crippen molar-refractivity contribution in [3.63, 3.8) is 0 Å². The van der Waals surface area contributed by atoms with E-state index in [0.717, 1.165) is 5.56 Å². The molecule has 0 fully saturated rings. The normalized spacial score (nSPS) is 12.0. The van der Waals surface area contributed by atoms with Crippen LogP contribution in [0.5, 0.6) is 0 Å². The number of rotatable bonds is 3. The molecule has 1 N–H and O–H groups in total.